The Morgan fingerprint density at radius 1 is 0.929 bits per heavy atom. The molecule has 1 unspecified atom stereocenters. The van der Waals surface area contributed by atoms with E-state index in [0.717, 1.165) is 5.92 Å². The number of nitrogens with zero attached hydrogens (tertiary/aromatic N) is 2. The third-order valence-electron chi connectivity index (χ3n) is 2.04. The summed E-state index contributed by atoms with van der Waals surface area (Å²) >= 11 is 0. The molecule has 0 aliphatic carbocycles. The van der Waals surface area contributed by atoms with E-state index in [-0.39, 0.29) is 0 Å². The Labute approximate surface area is 91.3 Å². The molecular formula is C12H30N2. The molecule has 88 valence electrons. The van der Waals surface area contributed by atoms with Crippen LogP contribution < -0.4 is 0 Å². The molecule has 0 saturated carbocycles. The second-order valence-corrected chi connectivity index (χ2v) is 4.58. The van der Waals surface area contributed by atoms with Crippen molar-refractivity contribution in [2.24, 2.45) is 5.92 Å². The van der Waals surface area contributed by atoms with Crippen LogP contribution in [0.25, 0.3) is 0 Å². The summed E-state index contributed by atoms with van der Waals surface area (Å²) in [5.74, 6) is 0.852. The van der Waals surface area contributed by atoms with Crippen LogP contribution in [0, 0.1) is 5.92 Å². The lowest BCUT2D eigenvalue weighted by molar-refractivity contribution is 0.334. The zero-order valence-corrected chi connectivity index (χ0v) is 11.3. The number of hydrogen-bond donors (Lipinski definition) is 0. The summed E-state index contributed by atoms with van der Waals surface area (Å²) in [6.45, 7) is 9.12. The monoisotopic (exact) mass is 202 g/mol. The average Bonchev–Trinajstić information content (AvgIpc) is 2.03. The van der Waals surface area contributed by atoms with Gasteiger partial charge in [-0.2, -0.15) is 0 Å². The van der Waals surface area contributed by atoms with Crippen molar-refractivity contribution in [2.75, 3.05) is 41.3 Å². The van der Waals surface area contributed by atoms with Crippen molar-refractivity contribution in [1.82, 2.24) is 9.80 Å². The highest BCUT2D eigenvalue weighted by Gasteiger charge is 1.97. The lowest BCUT2D eigenvalue weighted by atomic mass is 10.1. The van der Waals surface area contributed by atoms with Crippen molar-refractivity contribution in [1.29, 1.82) is 0 Å². The Kier molecular flexibility index (Phi) is 12.8. The van der Waals surface area contributed by atoms with Crippen LogP contribution in [0.5, 0.6) is 0 Å². The van der Waals surface area contributed by atoms with E-state index in [1.54, 1.807) is 0 Å². The molecule has 0 radical (unpaired) electrons. The highest BCUT2D eigenvalue weighted by atomic mass is 15.1. The standard InChI is InChI=1S/C7H17N.C5H13N/c1-5-7(2)6-8(3)4;1-4-5-6(2)3/h7H,5-6H2,1-4H3;4-5H2,1-3H3. The van der Waals surface area contributed by atoms with Crippen molar-refractivity contribution in [3.8, 4) is 0 Å². The molecule has 0 N–H and O–H groups in total. The van der Waals surface area contributed by atoms with E-state index in [1.165, 1.54) is 25.9 Å². The predicted octanol–water partition coefficient (Wildman–Crippen LogP) is 2.55. The minimum absolute atomic E-state index is 0.852. The minimum atomic E-state index is 0.852. The van der Waals surface area contributed by atoms with Gasteiger partial charge in [0, 0.05) is 6.54 Å². The second kappa shape index (κ2) is 11.0. The Balaban J connectivity index is 0. The average molecular weight is 202 g/mol. The maximum Gasteiger partial charge on any atom is 0.0000818 e. The Morgan fingerprint density at radius 2 is 1.43 bits per heavy atom. The van der Waals surface area contributed by atoms with Gasteiger partial charge in [-0.25, -0.2) is 0 Å². The molecule has 0 spiro atoms. The quantitative estimate of drug-likeness (QED) is 0.676. The van der Waals surface area contributed by atoms with E-state index < -0.39 is 0 Å². The van der Waals surface area contributed by atoms with Gasteiger partial charge in [0.1, 0.15) is 0 Å². The molecule has 0 aromatic heterocycles. The van der Waals surface area contributed by atoms with Gasteiger partial charge in [0.05, 0.1) is 0 Å². The van der Waals surface area contributed by atoms with Crippen LogP contribution in [0.15, 0.2) is 0 Å². The molecule has 2 heteroatoms. The van der Waals surface area contributed by atoms with Gasteiger partial charge in [-0.05, 0) is 47.1 Å². The number of rotatable bonds is 5. The van der Waals surface area contributed by atoms with E-state index in [4.69, 9.17) is 0 Å². The third kappa shape index (κ3) is 17.9. The van der Waals surface area contributed by atoms with E-state index in [1.807, 2.05) is 0 Å². The largest absolute Gasteiger partial charge is 0.309 e. The second-order valence-electron chi connectivity index (χ2n) is 4.58. The molecule has 0 fully saturated rings. The van der Waals surface area contributed by atoms with Crippen LogP contribution in [0.4, 0.5) is 0 Å². The highest BCUT2D eigenvalue weighted by Crippen LogP contribution is 1.99. The summed E-state index contributed by atoms with van der Waals surface area (Å²) in [4.78, 5) is 4.41. The van der Waals surface area contributed by atoms with Crippen molar-refractivity contribution in [2.45, 2.75) is 33.6 Å². The van der Waals surface area contributed by atoms with Crippen LogP contribution in [0.1, 0.15) is 33.6 Å². The molecule has 0 bridgehead atoms. The fourth-order valence-corrected chi connectivity index (χ4v) is 1.20. The summed E-state index contributed by atoms with van der Waals surface area (Å²) in [5, 5.41) is 0. The maximum atomic E-state index is 2.28. The first-order valence-corrected chi connectivity index (χ1v) is 5.73. The van der Waals surface area contributed by atoms with E-state index in [2.05, 4.69) is 58.8 Å². The van der Waals surface area contributed by atoms with E-state index >= 15 is 0 Å². The number of hydrogen-bond acceptors (Lipinski definition) is 2. The summed E-state index contributed by atoms with van der Waals surface area (Å²) in [6, 6.07) is 0. The molecule has 0 rings (SSSR count). The molecule has 0 aromatic carbocycles. The molecule has 0 aliphatic rings. The van der Waals surface area contributed by atoms with Gasteiger partial charge in [0.2, 0.25) is 0 Å². The molecule has 0 aliphatic heterocycles. The molecule has 0 aromatic rings. The molecule has 2 nitrogen and oxygen atoms in total. The van der Waals surface area contributed by atoms with Gasteiger partial charge in [-0.1, -0.05) is 27.2 Å². The molecule has 0 heterocycles. The fraction of sp³-hybridized carbons (Fsp3) is 1.00. The Hall–Kier alpha value is -0.0800. The lowest BCUT2D eigenvalue weighted by Crippen LogP contribution is -2.18. The van der Waals surface area contributed by atoms with Gasteiger partial charge >= 0.3 is 0 Å². The molecule has 0 saturated heterocycles. The lowest BCUT2D eigenvalue weighted by Gasteiger charge is -2.13. The molecule has 14 heavy (non-hydrogen) atoms. The van der Waals surface area contributed by atoms with Crippen molar-refractivity contribution >= 4 is 0 Å². The normalized spacial score (nSPS) is 12.6. The van der Waals surface area contributed by atoms with E-state index in [9.17, 15) is 0 Å². The van der Waals surface area contributed by atoms with Gasteiger partial charge in [0.15, 0.2) is 0 Å². The first-order chi connectivity index (χ1) is 6.43. The van der Waals surface area contributed by atoms with Gasteiger partial charge in [-0.15, -0.1) is 0 Å². The molecule has 1 atom stereocenters. The van der Waals surface area contributed by atoms with Gasteiger partial charge in [0.25, 0.3) is 0 Å². The zero-order valence-electron chi connectivity index (χ0n) is 11.3. The smallest absolute Gasteiger partial charge is 0.0000818 e. The predicted molar refractivity (Wildman–Crippen MR) is 66.9 cm³/mol. The first-order valence-electron chi connectivity index (χ1n) is 5.73. The SMILES string of the molecule is CCC(C)CN(C)C.CCCN(C)C. The van der Waals surface area contributed by atoms with E-state index in [0.29, 0.717) is 0 Å². The maximum absolute atomic E-state index is 2.28. The van der Waals surface area contributed by atoms with Crippen LogP contribution in [0.2, 0.25) is 0 Å². The van der Waals surface area contributed by atoms with Gasteiger partial charge < -0.3 is 9.80 Å². The van der Waals surface area contributed by atoms with Crippen LogP contribution in [-0.2, 0) is 0 Å². The summed E-state index contributed by atoms with van der Waals surface area (Å²) in [6.07, 6.45) is 2.55. The fourth-order valence-electron chi connectivity index (χ4n) is 1.20. The highest BCUT2D eigenvalue weighted by molar-refractivity contribution is 4.51. The zero-order chi connectivity index (χ0) is 11.6. The summed E-state index contributed by atoms with van der Waals surface area (Å²) in [5.41, 5.74) is 0. The first kappa shape index (κ1) is 16.4. The van der Waals surface area contributed by atoms with Crippen LogP contribution in [-0.4, -0.2) is 51.1 Å². The summed E-state index contributed by atoms with van der Waals surface area (Å²) in [7, 11) is 8.41. The van der Waals surface area contributed by atoms with Crippen molar-refractivity contribution in [3.05, 3.63) is 0 Å². The van der Waals surface area contributed by atoms with Crippen LogP contribution >= 0.6 is 0 Å². The topological polar surface area (TPSA) is 6.48 Å². The Bertz CT molecular complexity index is 100. The van der Waals surface area contributed by atoms with Crippen LogP contribution in [0.3, 0.4) is 0 Å². The van der Waals surface area contributed by atoms with Crippen molar-refractivity contribution < 1.29 is 0 Å². The summed E-state index contributed by atoms with van der Waals surface area (Å²) < 4.78 is 0. The van der Waals surface area contributed by atoms with Crippen molar-refractivity contribution in [3.63, 3.8) is 0 Å². The van der Waals surface area contributed by atoms with Gasteiger partial charge in [-0.3, -0.25) is 0 Å². The molecular weight excluding hydrogens is 172 g/mol. The Morgan fingerprint density at radius 3 is 1.50 bits per heavy atom. The minimum Gasteiger partial charge on any atom is -0.309 e. The third-order valence-corrected chi connectivity index (χ3v) is 2.04. The molecule has 0 amide bonds.